The van der Waals surface area contributed by atoms with Crippen LogP contribution in [0.25, 0.3) is 0 Å². The van der Waals surface area contributed by atoms with Crippen molar-refractivity contribution in [2.24, 2.45) is 0 Å². The zero-order valence-corrected chi connectivity index (χ0v) is 11.3. The molecule has 0 saturated heterocycles. The number of hydrogen-bond acceptors (Lipinski definition) is 2. The first-order valence-electron chi connectivity index (χ1n) is 4.86. The lowest BCUT2D eigenvalue weighted by Gasteiger charge is -2.23. The number of halogens is 2. The molecule has 0 spiro atoms. The van der Waals surface area contributed by atoms with Crippen LogP contribution in [-0.4, -0.2) is 11.5 Å². The lowest BCUT2D eigenvalue weighted by molar-refractivity contribution is -0.118. The Kier molecular flexibility index (Phi) is 2.88. The SMILES string of the molecule is CC1(C)CC(=O)Nc2c(Br)ccc(Cl)c2O1. The topological polar surface area (TPSA) is 38.3 Å². The van der Waals surface area contributed by atoms with Crippen LogP contribution >= 0.6 is 27.5 Å². The Hall–Kier alpha value is -0.740. The van der Waals surface area contributed by atoms with Gasteiger partial charge < -0.3 is 10.1 Å². The molecule has 16 heavy (non-hydrogen) atoms. The second kappa shape index (κ2) is 3.93. The van der Waals surface area contributed by atoms with E-state index in [-0.39, 0.29) is 5.91 Å². The molecule has 5 heteroatoms. The van der Waals surface area contributed by atoms with Crippen LogP contribution in [0.15, 0.2) is 16.6 Å². The highest BCUT2D eigenvalue weighted by atomic mass is 79.9. The van der Waals surface area contributed by atoms with Gasteiger partial charge in [0.05, 0.1) is 17.1 Å². The maximum absolute atomic E-state index is 11.7. The first-order chi connectivity index (χ1) is 7.39. The Balaban J connectivity index is 2.58. The van der Waals surface area contributed by atoms with Gasteiger partial charge in [0.1, 0.15) is 5.60 Å². The first kappa shape index (κ1) is 11.7. The molecule has 86 valence electrons. The Morgan fingerprint density at radius 2 is 2.19 bits per heavy atom. The van der Waals surface area contributed by atoms with Crippen molar-refractivity contribution in [2.75, 3.05) is 5.32 Å². The minimum Gasteiger partial charge on any atom is -0.484 e. The highest BCUT2D eigenvalue weighted by Gasteiger charge is 2.31. The van der Waals surface area contributed by atoms with Gasteiger partial charge in [-0.1, -0.05) is 11.6 Å². The molecule has 1 aromatic carbocycles. The zero-order chi connectivity index (χ0) is 11.9. The van der Waals surface area contributed by atoms with Crippen molar-refractivity contribution < 1.29 is 9.53 Å². The van der Waals surface area contributed by atoms with Crippen molar-refractivity contribution in [3.05, 3.63) is 21.6 Å². The second-order valence-corrected chi connectivity index (χ2v) is 5.58. The number of hydrogen-bond donors (Lipinski definition) is 1. The molecule has 1 heterocycles. The first-order valence-corrected chi connectivity index (χ1v) is 6.03. The normalized spacial score (nSPS) is 18.1. The molecule has 1 N–H and O–H groups in total. The Morgan fingerprint density at radius 3 is 2.88 bits per heavy atom. The van der Waals surface area contributed by atoms with Gasteiger partial charge in [0.15, 0.2) is 5.75 Å². The highest BCUT2D eigenvalue weighted by Crippen LogP contribution is 2.42. The minimum atomic E-state index is -0.556. The number of carbonyl (C=O) groups excluding carboxylic acids is 1. The Labute approximate surface area is 107 Å². The van der Waals surface area contributed by atoms with Crippen molar-refractivity contribution in [1.82, 2.24) is 0 Å². The van der Waals surface area contributed by atoms with Crippen LogP contribution in [0, 0.1) is 0 Å². The second-order valence-electron chi connectivity index (χ2n) is 4.32. The summed E-state index contributed by atoms with van der Waals surface area (Å²) in [5, 5.41) is 3.29. The van der Waals surface area contributed by atoms with Crippen LogP contribution < -0.4 is 10.1 Å². The number of carbonyl (C=O) groups is 1. The molecule has 0 radical (unpaired) electrons. The standard InChI is InChI=1S/C11H11BrClNO2/c1-11(2)5-8(15)14-9-6(12)3-4-7(13)10(9)16-11/h3-4H,5H2,1-2H3,(H,14,15). The number of benzene rings is 1. The summed E-state index contributed by atoms with van der Waals surface area (Å²) in [4.78, 5) is 11.7. The smallest absolute Gasteiger partial charge is 0.228 e. The molecule has 0 fully saturated rings. The van der Waals surface area contributed by atoms with Crippen molar-refractivity contribution in [3.63, 3.8) is 0 Å². The zero-order valence-electron chi connectivity index (χ0n) is 8.93. The molecule has 0 unspecified atom stereocenters. The number of rotatable bonds is 0. The third-order valence-electron chi connectivity index (χ3n) is 2.29. The number of anilines is 1. The van der Waals surface area contributed by atoms with Crippen molar-refractivity contribution in [3.8, 4) is 5.75 Å². The van der Waals surface area contributed by atoms with Gasteiger partial charge in [0.2, 0.25) is 5.91 Å². The third-order valence-corrected chi connectivity index (χ3v) is 3.25. The van der Waals surface area contributed by atoms with Crippen LogP contribution in [-0.2, 0) is 4.79 Å². The quantitative estimate of drug-likeness (QED) is 0.795. The van der Waals surface area contributed by atoms with E-state index >= 15 is 0 Å². The van der Waals surface area contributed by atoms with E-state index in [1.165, 1.54) is 0 Å². The molecule has 0 aliphatic carbocycles. The summed E-state index contributed by atoms with van der Waals surface area (Å²) in [6.07, 6.45) is 0.296. The predicted molar refractivity (Wildman–Crippen MR) is 67.1 cm³/mol. The van der Waals surface area contributed by atoms with Crippen LogP contribution in [0.4, 0.5) is 5.69 Å². The predicted octanol–water partition coefficient (Wildman–Crippen LogP) is 3.60. The molecular formula is C11H11BrClNO2. The number of fused-ring (bicyclic) bond motifs is 1. The van der Waals surface area contributed by atoms with E-state index in [1.807, 2.05) is 13.8 Å². The fourth-order valence-corrected chi connectivity index (χ4v) is 2.24. The van der Waals surface area contributed by atoms with Gasteiger partial charge in [-0.25, -0.2) is 0 Å². The lowest BCUT2D eigenvalue weighted by Crippen LogP contribution is -2.30. The van der Waals surface area contributed by atoms with Crippen molar-refractivity contribution >= 4 is 39.1 Å². The van der Waals surface area contributed by atoms with Gasteiger partial charge in [0, 0.05) is 4.47 Å². The largest absolute Gasteiger partial charge is 0.484 e. The summed E-state index contributed by atoms with van der Waals surface area (Å²) in [6.45, 7) is 3.72. The summed E-state index contributed by atoms with van der Waals surface area (Å²) in [7, 11) is 0. The van der Waals surface area contributed by atoms with Crippen LogP contribution in [0.3, 0.4) is 0 Å². The number of amides is 1. The van der Waals surface area contributed by atoms with E-state index in [4.69, 9.17) is 16.3 Å². The molecule has 0 atom stereocenters. The number of nitrogens with one attached hydrogen (secondary N) is 1. The van der Waals surface area contributed by atoms with Crippen LogP contribution in [0.2, 0.25) is 5.02 Å². The average molecular weight is 305 g/mol. The summed E-state index contributed by atoms with van der Waals surface area (Å²) in [6, 6.07) is 3.52. The third kappa shape index (κ3) is 2.18. The molecule has 0 bridgehead atoms. The van der Waals surface area contributed by atoms with Gasteiger partial charge >= 0.3 is 0 Å². The van der Waals surface area contributed by atoms with Crippen LogP contribution in [0.5, 0.6) is 5.75 Å². The molecule has 1 aliphatic heterocycles. The summed E-state index contributed by atoms with van der Waals surface area (Å²) in [5.74, 6) is 0.443. The van der Waals surface area contributed by atoms with E-state index in [1.54, 1.807) is 12.1 Å². The molecule has 1 aromatic rings. The Morgan fingerprint density at radius 1 is 1.50 bits per heavy atom. The summed E-state index contributed by atoms with van der Waals surface area (Å²) >= 11 is 9.43. The molecule has 2 rings (SSSR count). The van der Waals surface area contributed by atoms with Gasteiger partial charge in [-0.3, -0.25) is 4.79 Å². The van der Waals surface area contributed by atoms with Crippen LogP contribution in [0.1, 0.15) is 20.3 Å². The molecule has 3 nitrogen and oxygen atoms in total. The maximum Gasteiger partial charge on any atom is 0.228 e. The molecule has 0 saturated carbocycles. The van der Waals surface area contributed by atoms with E-state index < -0.39 is 5.60 Å². The lowest BCUT2D eigenvalue weighted by atomic mass is 10.1. The van der Waals surface area contributed by atoms with E-state index in [0.29, 0.717) is 22.9 Å². The fraction of sp³-hybridized carbons (Fsp3) is 0.364. The van der Waals surface area contributed by atoms with Gasteiger partial charge in [-0.05, 0) is 41.9 Å². The highest BCUT2D eigenvalue weighted by molar-refractivity contribution is 9.10. The monoisotopic (exact) mass is 303 g/mol. The average Bonchev–Trinajstić information content (AvgIpc) is 2.27. The Bertz CT molecular complexity index is 460. The number of ether oxygens (including phenoxy) is 1. The van der Waals surface area contributed by atoms with Crippen molar-refractivity contribution in [1.29, 1.82) is 0 Å². The van der Waals surface area contributed by atoms with E-state index in [0.717, 1.165) is 4.47 Å². The maximum atomic E-state index is 11.7. The molecule has 1 aliphatic rings. The van der Waals surface area contributed by atoms with E-state index in [9.17, 15) is 4.79 Å². The summed E-state index contributed by atoms with van der Waals surface area (Å²) < 4.78 is 6.54. The minimum absolute atomic E-state index is 0.0771. The molecule has 0 aromatic heterocycles. The fourth-order valence-electron chi connectivity index (χ4n) is 1.63. The molecule has 1 amide bonds. The molecular weight excluding hydrogens is 293 g/mol. The van der Waals surface area contributed by atoms with Crippen molar-refractivity contribution in [2.45, 2.75) is 25.9 Å². The van der Waals surface area contributed by atoms with E-state index in [2.05, 4.69) is 21.2 Å². The van der Waals surface area contributed by atoms with Gasteiger partial charge in [-0.2, -0.15) is 0 Å². The summed E-state index contributed by atoms with van der Waals surface area (Å²) in [5.41, 5.74) is 0.0443. The van der Waals surface area contributed by atoms with Gasteiger partial charge in [0.25, 0.3) is 0 Å². The van der Waals surface area contributed by atoms with Gasteiger partial charge in [-0.15, -0.1) is 0 Å².